The number of nitrogens with one attached hydrogen (secondary N) is 1. The zero-order valence-corrected chi connectivity index (χ0v) is 20.2. The van der Waals surface area contributed by atoms with Gasteiger partial charge in [0.25, 0.3) is 5.91 Å². The van der Waals surface area contributed by atoms with Crippen LogP contribution in [0.15, 0.2) is 53.0 Å². The fourth-order valence-corrected chi connectivity index (χ4v) is 3.97. The standard InChI is InChI=1S/C22H27BrN2O2.HI/c1-25(2,21-11-14-27-15-12-21)13-10-17-6-8-20(9-7-17)24-22(26)18-4-3-5-19(23)16-18;/h3-9,16,21H,10-15H2,1-2H3;1H. The number of amides is 1. The Hall–Kier alpha value is -0.960. The van der Waals surface area contributed by atoms with Crippen LogP contribution in [0.2, 0.25) is 0 Å². The van der Waals surface area contributed by atoms with Crippen LogP contribution in [0, 0.1) is 0 Å². The molecule has 1 amide bonds. The minimum Gasteiger partial charge on any atom is -1.00 e. The summed E-state index contributed by atoms with van der Waals surface area (Å²) in [6.07, 6.45) is 3.32. The number of rotatable bonds is 6. The van der Waals surface area contributed by atoms with E-state index < -0.39 is 0 Å². The highest BCUT2D eigenvalue weighted by atomic mass is 127. The van der Waals surface area contributed by atoms with Gasteiger partial charge in [-0.3, -0.25) is 4.79 Å². The number of likely N-dealkylation sites (N-methyl/N-ethyl adjacent to an activating group) is 1. The van der Waals surface area contributed by atoms with Crippen LogP contribution in [0.25, 0.3) is 0 Å². The van der Waals surface area contributed by atoms with Gasteiger partial charge in [-0.15, -0.1) is 0 Å². The molecule has 2 aromatic carbocycles. The van der Waals surface area contributed by atoms with Crippen LogP contribution in [-0.2, 0) is 11.2 Å². The molecule has 1 saturated heterocycles. The number of carbonyl (C=O) groups is 1. The second-order valence-corrected chi connectivity index (χ2v) is 8.67. The number of carbonyl (C=O) groups excluding carboxylic acids is 1. The maximum Gasteiger partial charge on any atom is 0.255 e. The number of quaternary nitrogens is 1. The van der Waals surface area contributed by atoms with E-state index in [1.165, 1.54) is 5.56 Å². The van der Waals surface area contributed by atoms with E-state index in [1.807, 2.05) is 36.4 Å². The summed E-state index contributed by atoms with van der Waals surface area (Å²) in [6.45, 7) is 2.88. The van der Waals surface area contributed by atoms with Gasteiger partial charge in [0.1, 0.15) is 0 Å². The molecule has 0 aliphatic carbocycles. The third-order valence-corrected chi connectivity index (χ3v) is 5.95. The first-order valence-electron chi connectivity index (χ1n) is 9.50. The summed E-state index contributed by atoms with van der Waals surface area (Å²) in [7, 11) is 4.64. The zero-order valence-electron chi connectivity index (χ0n) is 16.5. The predicted molar refractivity (Wildman–Crippen MR) is 113 cm³/mol. The molecule has 0 unspecified atom stereocenters. The molecule has 3 rings (SSSR count). The van der Waals surface area contributed by atoms with E-state index in [-0.39, 0.29) is 29.9 Å². The zero-order chi connectivity index (χ0) is 19.3. The molecule has 0 saturated carbocycles. The number of halogens is 2. The molecule has 6 heteroatoms. The van der Waals surface area contributed by atoms with Crippen molar-refractivity contribution in [1.82, 2.24) is 0 Å². The minimum absolute atomic E-state index is 0. The highest BCUT2D eigenvalue weighted by Crippen LogP contribution is 2.20. The largest absolute Gasteiger partial charge is 1.00 e. The number of ether oxygens (including phenoxy) is 1. The van der Waals surface area contributed by atoms with Crippen molar-refractivity contribution in [2.24, 2.45) is 0 Å². The monoisotopic (exact) mass is 558 g/mol. The topological polar surface area (TPSA) is 38.3 Å². The number of hydrogen-bond donors (Lipinski definition) is 1. The van der Waals surface area contributed by atoms with Crippen LogP contribution in [0.3, 0.4) is 0 Å². The van der Waals surface area contributed by atoms with E-state index in [0.29, 0.717) is 11.6 Å². The van der Waals surface area contributed by atoms with Crippen LogP contribution in [-0.4, -0.2) is 50.3 Å². The van der Waals surface area contributed by atoms with Gasteiger partial charge in [0, 0.05) is 35.0 Å². The normalized spacial score (nSPS) is 15.0. The van der Waals surface area contributed by atoms with Crippen LogP contribution < -0.4 is 29.3 Å². The molecule has 2 aromatic rings. The maximum absolute atomic E-state index is 12.3. The molecule has 1 heterocycles. The van der Waals surface area contributed by atoms with Crippen molar-refractivity contribution in [1.29, 1.82) is 0 Å². The van der Waals surface area contributed by atoms with Crippen molar-refractivity contribution in [2.75, 3.05) is 39.2 Å². The van der Waals surface area contributed by atoms with Crippen molar-refractivity contribution < 1.29 is 38.0 Å². The van der Waals surface area contributed by atoms with Gasteiger partial charge in [-0.05, 0) is 35.9 Å². The lowest BCUT2D eigenvalue weighted by Crippen LogP contribution is -3.00. The van der Waals surface area contributed by atoms with Gasteiger partial charge in [-0.2, -0.15) is 0 Å². The Kier molecular flexibility index (Phi) is 8.92. The Morgan fingerprint density at radius 1 is 1.14 bits per heavy atom. The molecule has 4 nitrogen and oxygen atoms in total. The lowest BCUT2D eigenvalue weighted by Gasteiger charge is -2.40. The van der Waals surface area contributed by atoms with Crippen LogP contribution in [0.4, 0.5) is 5.69 Å². The number of benzene rings is 2. The van der Waals surface area contributed by atoms with Crippen molar-refractivity contribution in [3.63, 3.8) is 0 Å². The molecule has 1 fully saturated rings. The summed E-state index contributed by atoms with van der Waals surface area (Å²) >= 11 is 3.40. The first-order valence-corrected chi connectivity index (χ1v) is 10.3. The molecule has 1 aliphatic rings. The summed E-state index contributed by atoms with van der Waals surface area (Å²) in [5, 5.41) is 2.96. The molecular formula is C22H28BrIN2O2. The maximum atomic E-state index is 12.3. The van der Waals surface area contributed by atoms with Gasteiger partial charge in [0.05, 0.1) is 39.9 Å². The number of anilines is 1. The fraction of sp³-hybridized carbons (Fsp3) is 0.409. The summed E-state index contributed by atoms with van der Waals surface area (Å²) in [4.78, 5) is 12.3. The van der Waals surface area contributed by atoms with E-state index in [2.05, 4.69) is 47.5 Å². The average Bonchev–Trinajstić information content (AvgIpc) is 2.68. The van der Waals surface area contributed by atoms with Crippen molar-refractivity contribution in [3.05, 3.63) is 64.1 Å². The second-order valence-electron chi connectivity index (χ2n) is 7.76. The number of hydrogen-bond acceptors (Lipinski definition) is 2. The molecule has 1 aliphatic heterocycles. The Bertz CT molecular complexity index is 774. The third-order valence-electron chi connectivity index (χ3n) is 5.45. The Labute approximate surface area is 193 Å². The molecule has 0 aromatic heterocycles. The fourth-order valence-electron chi connectivity index (χ4n) is 3.57. The lowest BCUT2D eigenvalue weighted by molar-refractivity contribution is -0.916. The number of nitrogens with zero attached hydrogens (tertiary/aromatic N) is 1. The summed E-state index contributed by atoms with van der Waals surface area (Å²) in [5.41, 5.74) is 2.76. The second kappa shape index (κ2) is 10.7. The highest BCUT2D eigenvalue weighted by Gasteiger charge is 2.29. The van der Waals surface area contributed by atoms with Crippen LogP contribution in [0.1, 0.15) is 28.8 Å². The lowest BCUT2D eigenvalue weighted by atomic mass is 10.0. The first kappa shape index (κ1) is 23.3. The molecule has 0 bridgehead atoms. The quantitative estimate of drug-likeness (QED) is 0.431. The average molecular weight is 559 g/mol. The van der Waals surface area contributed by atoms with E-state index in [0.717, 1.165) is 53.7 Å². The molecule has 28 heavy (non-hydrogen) atoms. The smallest absolute Gasteiger partial charge is 0.255 e. The van der Waals surface area contributed by atoms with Gasteiger partial charge < -0.3 is 38.5 Å². The molecule has 152 valence electrons. The van der Waals surface area contributed by atoms with Gasteiger partial charge in [-0.25, -0.2) is 0 Å². The first-order chi connectivity index (χ1) is 12.9. The Morgan fingerprint density at radius 3 is 2.46 bits per heavy atom. The summed E-state index contributed by atoms with van der Waals surface area (Å²) in [6, 6.07) is 16.3. The Balaban J connectivity index is 0.00000280. The van der Waals surface area contributed by atoms with E-state index >= 15 is 0 Å². The van der Waals surface area contributed by atoms with E-state index in [9.17, 15) is 4.79 Å². The van der Waals surface area contributed by atoms with E-state index in [1.54, 1.807) is 0 Å². The molecule has 0 atom stereocenters. The highest BCUT2D eigenvalue weighted by molar-refractivity contribution is 9.10. The molecular weight excluding hydrogens is 531 g/mol. The van der Waals surface area contributed by atoms with Gasteiger partial charge in [0.2, 0.25) is 0 Å². The van der Waals surface area contributed by atoms with Crippen molar-refractivity contribution >= 4 is 27.5 Å². The summed E-state index contributed by atoms with van der Waals surface area (Å²) < 4.78 is 7.43. The molecule has 0 spiro atoms. The van der Waals surface area contributed by atoms with Crippen molar-refractivity contribution in [2.45, 2.75) is 25.3 Å². The summed E-state index contributed by atoms with van der Waals surface area (Å²) in [5.74, 6) is -0.0960. The molecule has 0 radical (unpaired) electrons. The van der Waals surface area contributed by atoms with E-state index in [4.69, 9.17) is 4.74 Å². The van der Waals surface area contributed by atoms with Crippen LogP contribution in [0.5, 0.6) is 0 Å². The minimum atomic E-state index is -0.0960. The third kappa shape index (κ3) is 6.54. The Morgan fingerprint density at radius 2 is 1.82 bits per heavy atom. The molecule has 1 N–H and O–H groups in total. The van der Waals surface area contributed by atoms with Gasteiger partial charge in [-0.1, -0.05) is 34.1 Å². The SMILES string of the molecule is C[N+](C)(CCc1ccc(NC(=O)c2cccc(Br)c2)cc1)C1CCOCC1.[I-]. The van der Waals surface area contributed by atoms with Gasteiger partial charge >= 0.3 is 0 Å². The predicted octanol–water partition coefficient (Wildman–Crippen LogP) is 1.50. The van der Waals surface area contributed by atoms with Crippen molar-refractivity contribution in [3.8, 4) is 0 Å². The van der Waals surface area contributed by atoms with Crippen LogP contribution >= 0.6 is 15.9 Å². The van der Waals surface area contributed by atoms with Gasteiger partial charge in [0.15, 0.2) is 0 Å².